The summed E-state index contributed by atoms with van der Waals surface area (Å²) in [5, 5.41) is 10.3. The SMILES string of the molecule is CCCCOc1ccc(CCC(O)c2cccnc2)cc1OCC. The Kier molecular flexibility index (Phi) is 7.56. The van der Waals surface area contributed by atoms with E-state index in [1.165, 1.54) is 0 Å². The van der Waals surface area contributed by atoms with Gasteiger partial charge >= 0.3 is 0 Å². The standard InChI is InChI=1S/C20H27NO3/c1-3-5-13-24-19-11-9-16(14-20(19)23-4-2)8-10-18(22)17-7-6-12-21-15-17/h6-7,9,11-12,14-15,18,22H,3-5,8,10,13H2,1-2H3. The monoisotopic (exact) mass is 329 g/mol. The summed E-state index contributed by atoms with van der Waals surface area (Å²) < 4.78 is 11.5. The van der Waals surface area contributed by atoms with Gasteiger partial charge in [-0.15, -0.1) is 0 Å². The maximum Gasteiger partial charge on any atom is 0.161 e. The van der Waals surface area contributed by atoms with Gasteiger partial charge in [0.05, 0.1) is 19.3 Å². The summed E-state index contributed by atoms with van der Waals surface area (Å²) in [6, 6.07) is 9.76. The topological polar surface area (TPSA) is 51.6 Å². The predicted octanol–water partition coefficient (Wildman–Crippen LogP) is 4.33. The number of pyridine rings is 1. The number of benzene rings is 1. The highest BCUT2D eigenvalue weighted by molar-refractivity contribution is 5.43. The van der Waals surface area contributed by atoms with Crippen LogP contribution in [0, 0.1) is 0 Å². The van der Waals surface area contributed by atoms with Gasteiger partial charge in [0.2, 0.25) is 0 Å². The van der Waals surface area contributed by atoms with E-state index in [0.717, 1.165) is 41.9 Å². The van der Waals surface area contributed by atoms with Gasteiger partial charge < -0.3 is 14.6 Å². The first kappa shape index (κ1) is 18.3. The molecule has 0 amide bonds. The summed E-state index contributed by atoms with van der Waals surface area (Å²) in [5.74, 6) is 1.57. The Morgan fingerprint density at radius 3 is 2.71 bits per heavy atom. The lowest BCUT2D eigenvalue weighted by Gasteiger charge is -2.14. The molecule has 1 N–H and O–H groups in total. The van der Waals surface area contributed by atoms with Crippen molar-refractivity contribution < 1.29 is 14.6 Å². The van der Waals surface area contributed by atoms with Crippen LogP contribution in [0.4, 0.5) is 0 Å². The Morgan fingerprint density at radius 2 is 2.00 bits per heavy atom. The molecule has 0 fully saturated rings. The van der Waals surface area contributed by atoms with Gasteiger partial charge in [0.1, 0.15) is 0 Å². The smallest absolute Gasteiger partial charge is 0.161 e. The molecule has 0 bridgehead atoms. The van der Waals surface area contributed by atoms with Crippen LogP contribution in [0.5, 0.6) is 11.5 Å². The quantitative estimate of drug-likeness (QED) is 0.659. The summed E-state index contributed by atoms with van der Waals surface area (Å²) in [4.78, 5) is 4.05. The van der Waals surface area contributed by atoms with E-state index in [1.807, 2.05) is 37.3 Å². The molecule has 0 aliphatic carbocycles. The molecule has 24 heavy (non-hydrogen) atoms. The lowest BCUT2D eigenvalue weighted by molar-refractivity contribution is 0.167. The average molecular weight is 329 g/mol. The second-order valence-corrected chi connectivity index (χ2v) is 5.76. The molecular formula is C20H27NO3. The zero-order valence-electron chi connectivity index (χ0n) is 14.6. The fraction of sp³-hybridized carbons (Fsp3) is 0.450. The fourth-order valence-electron chi connectivity index (χ4n) is 2.47. The lowest BCUT2D eigenvalue weighted by atomic mass is 10.0. The van der Waals surface area contributed by atoms with Crippen LogP contribution >= 0.6 is 0 Å². The van der Waals surface area contributed by atoms with Crippen LogP contribution in [0.15, 0.2) is 42.7 Å². The molecule has 0 saturated heterocycles. The number of hydrogen-bond acceptors (Lipinski definition) is 4. The highest BCUT2D eigenvalue weighted by Crippen LogP contribution is 2.30. The molecule has 1 unspecified atom stereocenters. The molecule has 1 heterocycles. The molecule has 2 aromatic rings. The first-order valence-electron chi connectivity index (χ1n) is 8.71. The molecule has 1 aromatic heterocycles. The number of hydrogen-bond donors (Lipinski definition) is 1. The van der Waals surface area contributed by atoms with Gasteiger partial charge in [-0.3, -0.25) is 4.98 Å². The normalized spacial score (nSPS) is 12.0. The Hall–Kier alpha value is -2.07. The molecule has 2 rings (SSSR count). The van der Waals surface area contributed by atoms with Gasteiger partial charge in [-0.1, -0.05) is 25.5 Å². The summed E-state index contributed by atoms with van der Waals surface area (Å²) in [6.45, 7) is 5.42. The predicted molar refractivity (Wildman–Crippen MR) is 95.5 cm³/mol. The molecule has 0 aliphatic heterocycles. The van der Waals surface area contributed by atoms with E-state index < -0.39 is 6.10 Å². The van der Waals surface area contributed by atoms with Crippen molar-refractivity contribution in [1.29, 1.82) is 0 Å². The first-order valence-corrected chi connectivity index (χ1v) is 8.71. The Labute approximate surface area is 144 Å². The number of rotatable bonds is 10. The third kappa shape index (κ3) is 5.53. The zero-order valence-corrected chi connectivity index (χ0v) is 14.6. The summed E-state index contributed by atoms with van der Waals surface area (Å²) in [5.41, 5.74) is 1.98. The largest absolute Gasteiger partial charge is 0.490 e. The second kappa shape index (κ2) is 9.93. The van der Waals surface area contributed by atoms with E-state index in [2.05, 4.69) is 11.9 Å². The molecule has 0 spiro atoms. The molecule has 4 nitrogen and oxygen atoms in total. The van der Waals surface area contributed by atoms with Crippen molar-refractivity contribution in [2.45, 2.75) is 45.6 Å². The van der Waals surface area contributed by atoms with E-state index >= 15 is 0 Å². The van der Waals surface area contributed by atoms with E-state index in [9.17, 15) is 5.11 Å². The number of aryl methyl sites for hydroxylation is 1. The van der Waals surface area contributed by atoms with Crippen molar-refractivity contribution in [2.75, 3.05) is 13.2 Å². The first-order chi connectivity index (χ1) is 11.7. The molecule has 0 aliphatic rings. The number of aliphatic hydroxyl groups is 1. The number of ether oxygens (including phenoxy) is 2. The highest BCUT2D eigenvalue weighted by atomic mass is 16.5. The summed E-state index contributed by atoms with van der Waals surface area (Å²) >= 11 is 0. The molecule has 0 saturated carbocycles. The molecule has 0 radical (unpaired) electrons. The zero-order chi connectivity index (χ0) is 17.2. The maximum absolute atomic E-state index is 10.3. The van der Waals surface area contributed by atoms with Crippen molar-refractivity contribution in [3.05, 3.63) is 53.9 Å². The minimum Gasteiger partial charge on any atom is -0.490 e. The lowest BCUT2D eigenvalue weighted by Crippen LogP contribution is -2.03. The van der Waals surface area contributed by atoms with Gasteiger partial charge in [0.25, 0.3) is 0 Å². The van der Waals surface area contributed by atoms with Crippen molar-refractivity contribution >= 4 is 0 Å². The highest BCUT2D eigenvalue weighted by Gasteiger charge is 2.10. The van der Waals surface area contributed by atoms with Crippen LogP contribution in [0.25, 0.3) is 0 Å². The van der Waals surface area contributed by atoms with Gasteiger partial charge in [0.15, 0.2) is 11.5 Å². The summed E-state index contributed by atoms with van der Waals surface area (Å²) in [7, 11) is 0. The van der Waals surface area contributed by atoms with Gasteiger partial charge in [-0.2, -0.15) is 0 Å². The van der Waals surface area contributed by atoms with E-state index in [-0.39, 0.29) is 0 Å². The summed E-state index contributed by atoms with van der Waals surface area (Å²) in [6.07, 6.45) is 6.47. The minimum atomic E-state index is -0.505. The molecule has 1 atom stereocenters. The van der Waals surface area contributed by atoms with E-state index in [0.29, 0.717) is 19.6 Å². The molecule has 4 heteroatoms. The third-order valence-corrected chi connectivity index (χ3v) is 3.84. The van der Waals surface area contributed by atoms with Crippen molar-refractivity contribution in [1.82, 2.24) is 4.98 Å². The van der Waals surface area contributed by atoms with Crippen LogP contribution in [-0.4, -0.2) is 23.3 Å². The maximum atomic E-state index is 10.3. The van der Waals surface area contributed by atoms with E-state index in [1.54, 1.807) is 12.4 Å². The Balaban J connectivity index is 1.98. The van der Waals surface area contributed by atoms with Crippen molar-refractivity contribution in [2.24, 2.45) is 0 Å². The van der Waals surface area contributed by atoms with E-state index in [4.69, 9.17) is 9.47 Å². The minimum absolute atomic E-state index is 0.505. The molecule has 1 aromatic carbocycles. The fourth-order valence-corrected chi connectivity index (χ4v) is 2.47. The third-order valence-electron chi connectivity index (χ3n) is 3.84. The Morgan fingerprint density at radius 1 is 1.12 bits per heavy atom. The van der Waals surface area contributed by atoms with Gasteiger partial charge in [-0.05, 0) is 55.5 Å². The average Bonchev–Trinajstić information content (AvgIpc) is 2.62. The van der Waals surface area contributed by atoms with Crippen LogP contribution in [0.2, 0.25) is 0 Å². The van der Waals surface area contributed by atoms with Gasteiger partial charge in [0, 0.05) is 12.4 Å². The molecule has 130 valence electrons. The van der Waals surface area contributed by atoms with Crippen LogP contribution in [-0.2, 0) is 6.42 Å². The van der Waals surface area contributed by atoms with Crippen molar-refractivity contribution in [3.8, 4) is 11.5 Å². The number of aliphatic hydroxyl groups excluding tert-OH is 1. The van der Waals surface area contributed by atoms with Crippen LogP contribution in [0.3, 0.4) is 0 Å². The number of nitrogens with zero attached hydrogens (tertiary/aromatic N) is 1. The molecular weight excluding hydrogens is 302 g/mol. The van der Waals surface area contributed by atoms with Crippen LogP contribution < -0.4 is 9.47 Å². The number of unbranched alkanes of at least 4 members (excludes halogenated alkanes) is 1. The van der Waals surface area contributed by atoms with Gasteiger partial charge in [-0.25, -0.2) is 0 Å². The second-order valence-electron chi connectivity index (χ2n) is 5.76. The van der Waals surface area contributed by atoms with Crippen LogP contribution in [0.1, 0.15) is 50.3 Å². The number of aromatic nitrogens is 1. The van der Waals surface area contributed by atoms with Crippen molar-refractivity contribution in [3.63, 3.8) is 0 Å². The Bertz CT molecular complexity index is 601.